The lowest BCUT2D eigenvalue weighted by molar-refractivity contribution is 0.427. The summed E-state index contributed by atoms with van der Waals surface area (Å²) in [4.78, 5) is -0.0332. The van der Waals surface area contributed by atoms with Gasteiger partial charge in [0.15, 0.2) is 0 Å². The van der Waals surface area contributed by atoms with Gasteiger partial charge in [-0.1, -0.05) is 11.6 Å². The molecule has 1 saturated carbocycles. The summed E-state index contributed by atoms with van der Waals surface area (Å²) in [5.41, 5.74) is 6.02. The van der Waals surface area contributed by atoms with E-state index in [-0.39, 0.29) is 21.9 Å². The third kappa shape index (κ3) is 2.24. The zero-order chi connectivity index (χ0) is 14.5. The van der Waals surface area contributed by atoms with Crippen molar-refractivity contribution >= 4 is 21.6 Å². The van der Waals surface area contributed by atoms with Gasteiger partial charge in [-0.2, -0.15) is 4.31 Å². The van der Waals surface area contributed by atoms with Gasteiger partial charge in [-0.05, 0) is 42.9 Å². The third-order valence-electron chi connectivity index (χ3n) is 4.39. The Hall–Kier alpha value is -0.690. The first kappa shape index (κ1) is 14.3. The zero-order valence-corrected chi connectivity index (χ0v) is 12.4. The minimum Gasteiger partial charge on any atom is -0.327 e. The molecule has 7 heteroatoms. The molecule has 4 nitrogen and oxygen atoms in total. The van der Waals surface area contributed by atoms with Crippen LogP contribution in [-0.4, -0.2) is 31.9 Å². The largest absolute Gasteiger partial charge is 0.327 e. The fourth-order valence-corrected chi connectivity index (χ4v) is 5.33. The number of benzene rings is 1. The molecule has 1 aromatic rings. The van der Waals surface area contributed by atoms with E-state index in [1.807, 2.05) is 0 Å². The van der Waals surface area contributed by atoms with Crippen molar-refractivity contribution in [3.63, 3.8) is 0 Å². The lowest BCUT2D eigenvalue weighted by atomic mass is 9.98. The Morgan fingerprint density at radius 2 is 2.05 bits per heavy atom. The van der Waals surface area contributed by atoms with Crippen LogP contribution in [0.3, 0.4) is 0 Å². The van der Waals surface area contributed by atoms with Crippen LogP contribution < -0.4 is 5.73 Å². The third-order valence-corrected chi connectivity index (χ3v) is 6.71. The lowest BCUT2D eigenvalue weighted by Gasteiger charge is -2.19. The van der Waals surface area contributed by atoms with Gasteiger partial charge in [0.05, 0.1) is 5.02 Å². The molecule has 1 saturated heterocycles. The second kappa shape index (κ2) is 4.94. The predicted molar refractivity (Wildman–Crippen MR) is 74.4 cm³/mol. The molecule has 110 valence electrons. The van der Waals surface area contributed by atoms with Crippen molar-refractivity contribution in [1.82, 2.24) is 4.31 Å². The van der Waals surface area contributed by atoms with E-state index in [0.717, 1.165) is 25.0 Å². The van der Waals surface area contributed by atoms with E-state index in [4.69, 9.17) is 17.3 Å². The van der Waals surface area contributed by atoms with Crippen molar-refractivity contribution in [2.45, 2.75) is 23.8 Å². The second-order valence-corrected chi connectivity index (χ2v) is 7.88. The van der Waals surface area contributed by atoms with E-state index < -0.39 is 15.8 Å². The molecule has 3 atom stereocenters. The summed E-state index contributed by atoms with van der Waals surface area (Å²) >= 11 is 5.87. The molecular weight excluding hydrogens is 303 g/mol. The minimum absolute atomic E-state index is 0.0332. The van der Waals surface area contributed by atoms with Crippen molar-refractivity contribution < 1.29 is 12.8 Å². The number of sulfonamides is 1. The molecule has 1 aliphatic carbocycles. The number of rotatable bonds is 2. The first-order valence-corrected chi connectivity index (χ1v) is 8.42. The Bertz CT molecular complexity index is 637. The van der Waals surface area contributed by atoms with E-state index >= 15 is 0 Å². The molecule has 1 aliphatic heterocycles. The van der Waals surface area contributed by atoms with Gasteiger partial charge in [-0.3, -0.25) is 0 Å². The Morgan fingerprint density at radius 1 is 1.30 bits per heavy atom. The maximum Gasteiger partial charge on any atom is 0.244 e. The van der Waals surface area contributed by atoms with E-state index in [1.165, 1.54) is 10.4 Å². The first-order valence-electron chi connectivity index (χ1n) is 6.60. The molecule has 2 aliphatic rings. The molecule has 2 fully saturated rings. The number of nitrogens with two attached hydrogens (primary N) is 1. The Balaban J connectivity index is 1.90. The van der Waals surface area contributed by atoms with E-state index in [1.54, 1.807) is 0 Å². The summed E-state index contributed by atoms with van der Waals surface area (Å²) in [6.45, 7) is 0.913. The highest BCUT2D eigenvalue weighted by Crippen LogP contribution is 2.40. The number of hydrogen-bond donors (Lipinski definition) is 1. The van der Waals surface area contributed by atoms with Crippen molar-refractivity contribution in [3.8, 4) is 0 Å². The molecule has 20 heavy (non-hydrogen) atoms. The molecule has 0 radical (unpaired) electrons. The minimum atomic E-state index is -3.67. The lowest BCUT2D eigenvalue weighted by Crippen LogP contribution is -2.33. The molecule has 3 rings (SSSR count). The van der Waals surface area contributed by atoms with Crippen LogP contribution in [0.1, 0.15) is 12.8 Å². The van der Waals surface area contributed by atoms with Crippen LogP contribution in [0.5, 0.6) is 0 Å². The summed E-state index contributed by atoms with van der Waals surface area (Å²) < 4.78 is 39.6. The standard InChI is InChI=1S/C13H16ClFN2O2S/c14-11-5-9(15)2-4-13(11)20(18,19)17-6-8-1-3-12(16)10(8)7-17/h2,4-5,8,10,12H,1,3,6-7,16H2. The van der Waals surface area contributed by atoms with E-state index in [0.29, 0.717) is 19.0 Å². The molecule has 0 spiro atoms. The molecule has 2 N–H and O–H groups in total. The molecule has 3 unspecified atom stereocenters. The van der Waals surface area contributed by atoms with Gasteiger partial charge >= 0.3 is 0 Å². The maximum atomic E-state index is 13.0. The van der Waals surface area contributed by atoms with Crippen LogP contribution >= 0.6 is 11.6 Å². The second-order valence-electron chi connectivity index (χ2n) is 5.56. The average molecular weight is 319 g/mol. The summed E-state index contributed by atoms with van der Waals surface area (Å²) in [7, 11) is -3.67. The Labute approximate surface area is 122 Å². The Kier molecular flexibility index (Phi) is 3.52. The van der Waals surface area contributed by atoms with Crippen LogP contribution in [0.2, 0.25) is 5.02 Å². The van der Waals surface area contributed by atoms with Crippen molar-refractivity contribution in [2.24, 2.45) is 17.6 Å². The normalized spacial score (nSPS) is 30.6. The van der Waals surface area contributed by atoms with Crippen molar-refractivity contribution in [3.05, 3.63) is 29.0 Å². The number of fused-ring (bicyclic) bond motifs is 1. The summed E-state index contributed by atoms with van der Waals surface area (Å²) in [5.74, 6) is 0.0114. The molecule has 1 aromatic carbocycles. The Morgan fingerprint density at radius 3 is 2.70 bits per heavy atom. The monoisotopic (exact) mass is 318 g/mol. The van der Waals surface area contributed by atoms with E-state index in [9.17, 15) is 12.8 Å². The van der Waals surface area contributed by atoms with Crippen LogP contribution in [0, 0.1) is 17.7 Å². The van der Waals surface area contributed by atoms with Crippen LogP contribution in [-0.2, 0) is 10.0 Å². The topological polar surface area (TPSA) is 63.4 Å². The fourth-order valence-electron chi connectivity index (χ4n) is 3.29. The fraction of sp³-hybridized carbons (Fsp3) is 0.538. The van der Waals surface area contributed by atoms with Gasteiger partial charge in [0.2, 0.25) is 10.0 Å². The zero-order valence-electron chi connectivity index (χ0n) is 10.8. The summed E-state index contributed by atoms with van der Waals surface area (Å²) in [6.07, 6.45) is 1.93. The quantitative estimate of drug-likeness (QED) is 0.905. The van der Waals surface area contributed by atoms with E-state index in [2.05, 4.69) is 0 Å². The van der Waals surface area contributed by atoms with Crippen molar-refractivity contribution in [2.75, 3.05) is 13.1 Å². The molecule has 0 bridgehead atoms. The van der Waals surface area contributed by atoms with Crippen LogP contribution in [0.4, 0.5) is 4.39 Å². The first-order chi connectivity index (χ1) is 9.39. The number of halogens is 2. The van der Waals surface area contributed by atoms with Gasteiger partial charge in [0, 0.05) is 19.1 Å². The molecule has 0 amide bonds. The number of hydrogen-bond acceptors (Lipinski definition) is 3. The van der Waals surface area contributed by atoms with Crippen LogP contribution in [0.15, 0.2) is 23.1 Å². The number of nitrogens with zero attached hydrogens (tertiary/aromatic N) is 1. The van der Waals surface area contributed by atoms with Gasteiger partial charge in [-0.15, -0.1) is 0 Å². The van der Waals surface area contributed by atoms with Gasteiger partial charge in [0.1, 0.15) is 10.7 Å². The maximum absolute atomic E-state index is 13.0. The predicted octanol–water partition coefficient (Wildman–Crippen LogP) is 1.84. The van der Waals surface area contributed by atoms with Gasteiger partial charge in [-0.25, -0.2) is 12.8 Å². The molecule has 0 aromatic heterocycles. The molecule has 1 heterocycles. The van der Waals surface area contributed by atoms with Crippen LogP contribution in [0.25, 0.3) is 0 Å². The van der Waals surface area contributed by atoms with Gasteiger partial charge in [0.25, 0.3) is 0 Å². The van der Waals surface area contributed by atoms with Gasteiger partial charge < -0.3 is 5.73 Å². The highest BCUT2D eigenvalue weighted by Gasteiger charge is 2.45. The van der Waals surface area contributed by atoms with Crippen molar-refractivity contribution in [1.29, 1.82) is 0 Å². The summed E-state index contributed by atoms with van der Waals surface area (Å²) in [6, 6.07) is 3.43. The SMILES string of the molecule is NC1CCC2CN(S(=O)(=O)c3ccc(F)cc3Cl)CC12. The summed E-state index contributed by atoms with van der Waals surface area (Å²) in [5, 5.41) is -0.0774. The molecular formula is C13H16ClFN2O2S. The highest BCUT2D eigenvalue weighted by atomic mass is 35.5. The average Bonchev–Trinajstić information content (AvgIpc) is 2.92. The smallest absolute Gasteiger partial charge is 0.244 e. The highest BCUT2D eigenvalue weighted by molar-refractivity contribution is 7.89.